The zero-order valence-corrected chi connectivity index (χ0v) is 13.5. The fraction of sp³-hybridized carbons (Fsp3) is 0.389. The second-order valence-electron chi connectivity index (χ2n) is 6.00. The van der Waals surface area contributed by atoms with Gasteiger partial charge in [-0.15, -0.1) is 10.2 Å². The minimum absolute atomic E-state index is 0.0127. The van der Waals surface area contributed by atoms with Gasteiger partial charge in [-0.05, 0) is 44.0 Å². The van der Waals surface area contributed by atoms with Gasteiger partial charge in [0.05, 0.1) is 0 Å². The van der Waals surface area contributed by atoms with Crippen LogP contribution in [0.2, 0.25) is 0 Å². The molecule has 0 unspecified atom stereocenters. The maximum absolute atomic E-state index is 12.5. The maximum Gasteiger partial charge on any atom is 0.274 e. The molecule has 2 aromatic rings. The minimum Gasteiger partial charge on any atom is -0.339 e. The average molecular weight is 310 g/mol. The van der Waals surface area contributed by atoms with E-state index in [1.165, 1.54) is 18.4 Å². The van der Waals surface area contributed by atoms with E-state index in [-0.39, 0.29) is 5.91 Å². The SMILES string of the molecule is Cc1ccc(Nc2ccc(C(=O)N3CCCCCC3)nn2)cc1. The summed E-state index contributed by atoms with van der Waals surface area (Å²) in [6, 6.07) is 11.6. The van der Waals surface area contributed by atoms with Crippen LogP contribution in [0.4, 0.5) is 11.5 Å². The van der Waals surface area contributed by atoms with Crippen molar-refractivity contribution < 1.29 is 4.79 Å². The van der Waals surface area contributed by atoms with Crippen LogP contribution in [-0.4, -0.2) is 34.1 Å². The van der Waals surface area contributed by atoms with Crippen LogP contribution in [0, 0.1) is 6.92 Å². The Kier molecular flexibility index (Phi) is 4.86. The van der Waals surface area contributed by atoms with Crippen LogP contribution < -0.4 is 5.32 Å². The highest BCUT2D eigenvalue weighted by Crippen LogP contribution is 2.16. The molecule has 5 nitrogen and oxygen atoms in total. The zero-order chi connectivity index (χ0) is 16.1. The summed E-state index contributed by atoms with van der Waals surface area (Å²) in [6.07, 6.45) is 4.56. The number of aromatic nitrogens is 2. The van der Waals surface area contributed by atoms with Gasteiger partial charge in [0, 0.05) is 18.8 Å². The normalized spacial score (nSPS) is 15.1. The number of carbonyl (C=O) groups excluding carboxylic acids is 1. The molecule has 0 aliphatic carbocycles. The summed E-state index contributed by atoms with van der Waals surface area (Å²) in [7, 11) is 0. The van der Waals surface area contributed by atoms with Gasteiger partial charge in [0.2, 0.25) is 0 Å². The second-order valence-corrected chi connectivity index (χ2v) is 6.00. The van der Waals surface area contributed by atoms with Crippen molar-refractivity contribution in [1.82, 2.24) is 15.1 Å². The molecule has 1 aromatic carbocycles. The molecule has 1 fully saturated rings. The first-order valence-corrected chi connectivity index (χ1v) is 8.19. The number of carbonyl (C=O) groups is 1. The number of amides is 1. The summed E-state index contributed by atoms with van der Waals surface area (Å²) in [4.78, 5) is 14.4. The summed E-state index contributed by atoms with van der Waals surface area (Å²) in [5.74, 6) is 0.627. The molecule has 0 saturated carbocycles. The summed E-state index contributed by atoms with van der Waals surface area (Å²) in [5, 5.41) is 11.4. The van der Waals surface area contributed by atoms with Crippen molar-refractivity contribution in [2.45, 2.75) is 32.6 Å². The summed E-state index contributed by atoms with van der Waals surface area (Å²) in [5.41, 5.74) is 2.58. The van der Waals surface area contributed by atoms with Crippen LogP contribution in [-0.2, 0) is 0 Å². The Morgan fingerprint density at radius 1 is 0.957 bits per heavy atom. The Hall–Kier alpha value is -2.43. The molecule has 1 amide bonds. The highest BCUT2D eigenvalue weighted by Gasteiger charge is 2.18. The molecule has 5 heteroatoms. The van der Waals surface area contributed by atoms with Gasteiger partial charge in [0.1, 0.15) is 0 Å². The second kappa shape index (κ2) is 7.22. The minimum atomic E-state index is -0.0127. The van der Waals surface area contributed by atoms with Crippen molar-refractivity contribution in [1.29, 1.82) is 0 Å². The lowest BCUT2D eigenvalue weighted by Gasteiger charge is -2.19. The van der Waals surface area contributed by atoms with Gasteiger partial charge in [-0.3, -0.25) is 4.79 Å². The molecule has 23 heavy (non-hydrogen) atoms. The van der Waals surface area contributed by atoms with Gasteiger partial charge in [-0.1, -0.05) is 30.5 Å². The Morgan fingerprint density at radius 3 is 2.26 bits per heavy atom. The fourth-order valence-corrected chi connectivity index (χ4v) is 2.73. The largest absolute Gasteiger partial charge is 0.339 e. The smallest absolute Gasteiger partial charge is 0.274 e. The fourth-order valence-electron chi connectivity index (χ4n) is 2.73. The van der Waals surface area contributed by atoms with Gasteiger partial charge in [0.25, 0.3) is 5.91 Å². The Morgan fingerprint density at radius 2 is 1.65 bits per heavy atom. The Labute approximate surface area is 136 Å². The topological polar surface area (TPSA) is 58.1 Å². The highest BCUT2D eigenvalue weighted by molar-refractivity contribution is 5.92. The number of rotatable bonds is 3. The monoisotopic (exact) mass is 310 g/mol. The average Bonchev–Trinajstić information content (AvgIpc) is 2.86. The van der Waals surface area contributed by atoms with E-state index in [1.54, 1.807) is 12.1 Å². The number of benzene rings is 1. The summed E-state index contributed by atoms with van der Waals surface area (Å²) < 4.78 is 0. The third-order valence-electron chi connectivity index (χ3n) is 4.10. The molecular weight excluding hydrogens is 288 g/mol. The van der Waals surface area contributed by atoms with Crippen LogP contribution in [0.15, 0.2) is 36.4 Å². The number of hydrogen-bond donors (Lipinski definition) is 1. The number of nitrogens with zero attached hydrogens (tertiary/aromatic N) is 3. The molecule has 0 bridgehead atoms. The molecule has 1 saturated heterocycles. The standard InChI is InChI=1S/C18H22N4O/c1-14-6-8-15(9-7-14)19-17-11-10-16(20-21-17)18(23)22-12-4-2-3-5-13-22/h6-11H,2-5,12-13H2,1H3,(H,19,21). The molecule has 0 radical (unpaired) electrons. The molecule has 1 aromatic heterocycles. The van der Waals surface area contributed by atoms with Crippen molar-refractivity contribution in [2.75, 3.05) is 18.4 Å². The molecule has 0 spiro atoms. The van der Waals surface area contributed by atoms with E-state index in [0.717, 1.165) is 31.6 Å². The number of likely N-dealkylation sites (tertiary alicyclic amines) is 1. The predicted molar refractivity (Wildman–Crippen MR) is 90.9 cm³/mol. The lowest BCUT2D eigenvalue weighted by atomic mass is 10.2. The number of nitrogens with one attached hydrogen (secondary N) is 1. The van der Waals surface area contributed by atoms with Gasteiger partial charge < -0.3 is 10.2 Å². The van der Waals surface area contributed by atoms with Crippen LogP contribution in [0.5, 0.6) is 0 Å². The molecule has 1 aliphatic heterocycles. The first-order valence-electron chi connectivity index (χ1n) is 8.19. The predicted octanol–water partition coefficient (Wildman–Crippen LogP) is 3.54. The van der Waals surface area contributed by atoms with E-state index in [2.05, 4.69) is 15.5 Å². The number of aryl methyl sites for hydroxylation is 1. The molecule has 0 atom stereocenters. The van der Waals surface area contributed by atoms with Crippen LogP contribution in [0.25, 0.3) is 0 Å². The molecule has 1 N–H and O–H groups in total. The zero-order valence-electron chi connectivity index (χ0n) is 13.5. The third kappa shape index (κ3) is 4.06. The van der Waals surface area contributed by atoms with Gasteiger partial charge in [0.15, 0.2) is 11.5 Å². The third-order valence-corrected chi connectivity index (χ3v) is 4.10. The van der Waals surface area contributed by atoms with Crippen molar-refractivity contribution in [3.05, 3.63) is 47.7 Å². The van der Waals surface area contributed by atoms with Gasteiger partial charge in [-0.2, -0.15) is 0 Å². The van der Waals surface area contributed by atoms with Crippen LogP contribution >= 0.6 is 0 Å². The molecule has 1 aliphatic rings. The Bertz CT molecular complexity index is 644. The molecule has 2 heterocycles. The van der Waals surface area contributed by atoms with E-state index in [9.17, 15) is 4.79 Å². The van der Waals surface area contributed by atoms with E-state index >= 15 is 0 Å². The van der Waals surface area contributed by atoms with Gasteiger partial charge in [-0.25, -0.2) is 0 Å². The van der Waals surface area contributed by atoms with Crippen molar-refractivity contribution in [2.24, 2.45) is 0 Å². The van der Waals surface area contributed by atoms with E-state index in [4.69, 9.17) is 0 Å². The van der Waals surface area contributed by atoms with Gasteiger partial charge >= 0.3 is 0 Å². The lowest BCUT2D eigenvalue weighted by molar-refractivity contribution is 0.0754. The van der Waals surface area contributed by atoms with Crippen LogP contribution in [0.3, 0.4) is 0 Å². The molecular formula is C18H22N4O. The van der Waals surface area contributed by atoms with Crippen molar-refractivity contribution >= 4 is 17.4 Å². The van der Waals surface area contributed by atoms with E-state index in [0.29, 0.717) is 11.5 Å². The summed E-state index contributed by atoms with van der Waals surface area (Å²) >= 11 is 0. The molecule has 3 rings (SSSR count). The van der Waals surface area contributed by atoms with Crippen molar-refractivity contribution in [3.8, 4) is 0 Å². The number of hydrogen-bond acceptors (Lipinski definition) is 4. The maximum atomic E-state index is 12.5. The Balaban J connectivity index is 1.66. The van der Waals surface area contributed by atoms with Crippen LogP contribution in [0.1, 0.15) is 41.7 Å². The molecule has 120 valence electrons. The first kappa shape index (κ1) is 15.5. The quantitative estimate of drug-likeness (QED) is 0.942. The number of anilines is 2. The first-order chi connectivity index (χ1) is 11.2. The van der Waals surface area contributed by atoms with E-state index in [1.807, 2.05) is 36.1 Å². The summed E-state index contributed by atoms with van der Waals surface area (Å²) in [6.45, 7) is 3.70. The lowest BCUT2D eigenvalue weighted by Crippen LogP contribution is -2.32. The van der Waals surface area contributed by atoms with E-state index < -0.39 is 0 Å². The van der Waals surface area contributed by atoms with Crippen molar-refractivity contribution in [3.63, 3.8) is 0 Å². The highest BCUT2D eigenvalue weighted by atomic mass is 16.2.